The van der Waals surface area contributed by atoms with Crippen molar-refractivity contribution in [3.8, 4) is 0 Å². The van der Waals surface area contributed by atoms with E-state index in [1.54, 1.807) is 0 Å². The van der Waals surface area contributed by atoms with Crippen LogP contribution in [0.15, 0.2) is 41.2 Å². The first-order chi connectivity index (χ1) is 10.6. The Bertz CT molecular complexity index is 661. The minimum atomic E-state index is -7.01. The van der Waals surface area contributed by atoms with Crippen LogP contribution in [0.3, 0.4) is 0 Å². The maximum atomic E-state index is 13.7. The third-order valence-electron chi connectivity index (χ3n) is 3.14. The molecule has 0 aromatic carbocycles. The summed E-state index contributed by atoms with van der Waals surface area (Å²) < 4.78 is 116. The van der Waals surface area contributed by atoms with Gasteiger partial charge in [0.05, 0.1) is 5.57 Å². The molecule has 0 spiro atoms. The highest BCUT2D eigenvalue weighted by Gasteiger charge is 2.82. The van der Waals surface area contributed by atoms with Gasteiger partial charge in [0, 0.05) is 17.6 Å². The molecule has 1 rings (SSSR count). The summed E-state index contributed by atoms with van der Waals surface area (Å²) in [6.07, 6.45) is -7.83. The molecule has 0 unspecified atom stereocenters. The average molecular weight is 366 g/mol. The van der Waals surface area contributed by atoms with Gasteiger partial charge in [-0.05, 0) is 6.08 Å². The molecule has 0 aliphatic heterocycles. The number of allylic oxidation sites excluding steroid dienone is 3. The number of aliphatic carboxylic acids is 1. The molecule has 0 heterocycles. The minimum Gasteiger partial charge on any atom is -0.478 e. The van der Waals surface area contributed by atoms with Crippen molar-refractivity contribution in [1.82, 2.24) is 0 Å². The minimum absolute atomic E-state index is 0.0602. The Hall–Kier alpha value is -2.16. The number of halogens is 9. The zero-order valence-electron chi connectivity index (χ0n) is 11.3. The van der Waals surface area contributed by atoms with Crippen LogP contribution in [0.2, 0.25) is 0 Å². The smallest absolute Gasteiger partial charge is 0.460 e. The molecule has 1 N–H and O–H groups in total. The van der Waals surface area contributed by atoms with Crippen LogP contribution >= 0.6 is 0 Å². The van der Waals surface area contributed by atoms with Gasteiger partial charge in [-0.2, -0.15) is 39.5 Å². The molecule has 0 radical (unpaired) electrons. The molecule has 0 amide bonds. The van der Waals surface area contributed by atoms with Gasteiger partial charge in [0.25, 0.3) is 0 Å². The maximum Gasteiger partial charge on any atom is 0.460 e. The summed E-state index contributed by atoms with van der Waals surface area (Å²) in [6.45, 7) is 2.93. The Labute approximate surface area is 128 Å². The molecule has 11 heteroatoms. The molecule has 1 aliphatic rings. The number of carboxylic acid groups (broad SMARTS) is 1. The molecule has 0 fully saturated rings. The average Bonchev–Trinajstić information content (AvgIpc) is 2.44. The number of carboxylic acids is 1. The van der Waals surface area contributed by atoms with E-state index in [9.17, 15) is 44.3 Å². The van der Waals surface area contributed by atoms with Gasteiger partial charge in [-0.3, -0.25) is 0 Å². The molecule has 0 saturated carbocycles. The molecule has 1 aliphatic carbocycles. The standard InChI is InChI=1S/C13H7F9O2/c1-2-6-5-7(3-4-8(6)9(23)24)10(14,15)11(16,17)12(18,19)13(20,21)22/h3-4H,1,5H2,(H,23,24). The molecular weight excluding hydrogens is 359 g/mol. The number of hydrogen-bond acceptors (Lipinski definition) is 1. The van der Waals surface area contributed by atoms with Gasteiger partial charge >= 0.3 is 29.9 Å². The van der Waals surface area contributed by atoms with Crippen molar-refractivity contribution in [2.45, 2.75) is 30.4 Å². The van der Waals surface area contributed by atoms with Crippen molar-refractivity contribution in [1.29, 1.82) is 0 Å². The number of alkyl halides is 9. The van der Waals surface area contributed by atoms with E-state index < -0.39 is 53.1 Å². The number of carbonyl (C=O) groups is 1. The largest absolute Gasteiger partial charge is 0.478 e. The fraction of sp³-hybridized carbons (Fsp3) is 0.385. The summed E-state index contributed by atoms with van der Waals surface area (Å²) in [4.78, 5) is 10.8. The molecule has 0 aromatic rings. The van der Waals surface area contributed by atoms with Crippen LogP contribution in [0, 0.1) is 0 Å². The summed E-state index contributed by atoms with van der Waals surface area (Å²) in [6, 6.07) is 0. The fourth-order valence-electron chi connectivity index (χ4n) is 1.78. The van der Waals surface area contributed by atoms with Gasteiger partial charge in [0.2, 0.25) is 0 Å². The van der Waals surface area contributed by atoms with Crippen LogP contribution in [-0.4, -0.2) is 35.0 Å². The molecule has 0 saturated heterocycles. The first kappa shape index (κ1) is 19.9. The lowest BCUT2D eigenvalue weighted by molar-refractivity contribution is -0.390. The van der Waals surface area contributed by atoms with E-state index in [1.807, 2.05) is 5.73 Å². The molecule has 0 bridgehead atoms. The van der Waals surface area contributed by atoms with Crippen molar-refractivity contribution < 1.29 is 49.4 Å². The first-order valence-electron chi connectivity index (χ1n) is 5.85. The van der Waals surface area contributed by atoms with E-state index >= 15 is 0 Å². The highest BCUT2D eigenvalue weighted by Crippen LogP contribution is 2.56. The second-order valence-corrected chi connectivity index (χ2v) is 4.63. The Morgan fingerprint density at radius 1 is 1.00 bits per heavy atom. The molecule has 134 valence electrons. The molecule has 0 atom stereocenters. The maximum absolute atomic E-state index is 13.7. The zero-order valence-corrected chi connectivity index (χ0v) is 11.3. The summed E-state index contributed by atoms with van der Waals surface area (Å²) in [5.74, 6) is -21.4. The van der Waals surface area contributed by atoms with Crippen LogP contribution in [0.1, 0.15) is 6.42 Å². The third-order valence-corrected chi connectivity index (χ3v) is 3.14. The van der Waals surface area contributed by atoms with Gasteiger partial charge < -0.3 is 5.11 Å². The van der Waals surface area contributed by atoms with Crippen LogP contribution in [0.25, 0.3) is 0 Å². The van der Waals surface area contributed by atoms with Gasteiger partial charge in [-0.1, -0.05) is 12.7 Å². The molecule has 0 aromatic heterocycles. The van der Waals surface area contributed by atoms with Gasteiger partial charge in [0.1, 0.15) is 0 Å². The monoisotopic (exact) mass is 366 g/mol. The number of hydrogen-bond donors (Lipinski definition) is 1. The van der Waals surface area contributed by atoms with E-state index in [2.05, 4.69) is 6.58 Å². The number of rotatable bonds is 4. The Morgan fingerprint density at radius 2 is 1.50 bits per heavy atom. The Kier molecular flexibility index (Phi) is 4.75. The summed E-state index contributed by atoms with van der Waals surface area (Å²) in [7, 11) is 0. The van der Waals surface area contributed by atoms with Crippen molar-refractivity contribution >= 4 is 5.97 Å². The Balaban J connectivity index is 3.45. The van der Waals surface area contributed by atoms with E-state index in [1.165, 1.54) is 0 Å². The summed E-state index contributed by atoms with van der Waals surface area (Å²) >= 11 is 0. The summed E-state index contributed by atoms with van der Waals surface area (Å²) in [5.41, 5.74) is -1.33. The van der Waals surface area contributed by atoms with E-state index in [4.69, 9.17) is 5.11 Å². The Morgan fingerprint density at radius 3 is 1.88 bits per heavy atom. The van der Waals surface area contributed by atoms with Crippen molar-refractivity contribution in [2.75, 3.05) is 0 Å². The zero-order chi connectivity index (χ0) is 19.1. The quantitative estimate of drug-likeness (QED) is 0.587. The predicted octanol–water partition coefficient (Wildman–Crippen LogP) is 4.51. The van der Waals surface area contributed by atoms with Crippen LogP contribution < -0.4 is 0 Å². The van der Waals surface area contributed by atoms with E-state index in [-0.39, 0.29) is 6.08 Å². The van der Waals surface area contributed by atoms with Crippen molar-refractivity contribution in [2.24, 2.45) is 0 Å². The van der Waals surface area contributed by atoms with E-state index in [0.29, 0.717) is 6.08 Å². The lowest BCUT2D eigenvalue weighted by Crippen LogP contribution is -2.61. The van der Waals surface area contributed by atoms with Gasteiger partial charge in [0.15, 0.2) is 0 Å². The second kappa shape index (κ2) is 5.73. The first-order valence-corrected chi connectivity index (χ1v) is 5.85. The highest BCUT2D eigenvalue weighted by atomic mass is 19.4. The second-order valence-electron chi connectivity index (χ2n) is 4.63. The topological polar surface area (TPSA) is 37.3 Å². The normalized spacial score (nSPS) is 17.1. The SMILES string of the molecule is C=C=C1CC(C(F)(F)C(F)(F)C(F)(F)C(F)(F)F)=CC=C1C(=O)O. The van der Waals surface area contributed by atoms with Crippen molar-refractivity contribution in [3.63, 3.8) is 0 Å². The fourth-order valence-corrected chi connectivity index (χ4v) is 1.78. The van der Waals surface area contributed by atoms with Crippen LogP contribution in [0.5, 0.6) is 0 Å². The van der Waals surface area contributed by atoms with Crippen LogP contribution in [-0.2, 0) is 4.79 Å². The predicted molar refractivity (Wildman–Crippen MR) is 62.0 cm³/mol. The molecular formula is C13H7F9O2. The van der Waals surface area contributed by atoms with Gasteiger partial charge in [-0.25, -0.2) is 4.79 Å². The lowest BCUT2D eigenvalue weighted by atomic mass is 9.86. The third kappa shape index (κ3) is 2.83. The van der Waals surface area contributed by atoms with Crippen LogP contribution in [0.4, 0.5) is 39.5 Å². The van der Waals surface area contributed by atoms with Crippen molar-refractivity contribution in [3.05, 3.63) is 41.2 Å². The van der Waals surface area contributed by atoms with E-state index in [0.717, 1.165) is 0 Å². The highest BCUT2D eigenvalue weighted by molar-refractivity contribution is 5.92. The summed E-state index contributed by atoms with van der Waals surface area (Å²) in [5, 5.41) is 8.73. The molecule has 2 nitrogen and oxygen atoms in total. The molecule has 24 heavy (non-hydrogen) atoms. The van der Waals surface area contributed by atoms with Gasteiger partial charge in [-0.15, -0.1) is 5.73 Å². The lowest BCUT2D eigenvalue weighted by Gasteiger charge is -2.35.